The van der Waals surface area contributed by atoms with Gasteiger partial charge in [0, 0.05) is 57.9 Å². The molecular weight excluding hydrogens is 609 g/mol. The molecule has 11 nitrogen and oxygen atoms in total. The second-order valence-electron chi connectivity index (χ2n) is 12.6. The number of fused-ring (bicyclic) bond motifs is 1. The molecular formula is C36H36FN9O2. The molecule has 8 rings (SSSR count). The normalized spacial score (nSPS) is 18.9. The molecule has 0 radical (unpaired) electrons. The number of hydrogen-bond acceptors (Lipinski definition) is 8. The Morgan fingerprint density at radius 3 is 2.56 bits per heavy atom. The average molecular weight is 646 g/mol. The predicted molar refractivity (Wildman–Crippen MR) is 181 cm³/mol. The molecule has 3 aromatic heterocycles. The van der Waals surface area contributed by atoms with E-state index in [0.717, 1.165) is 97.6 Å². The molecule has 0 saturated carbocycles. The van der Waals surface area contributed by atoms with Gasteiger partial charge in [0.2, 0.25) is 5.91 Å². The molecule has 0 unspecified atom stereocenters. The molecule has 2 aromatic carbocycles. The fraction of sp³-hybridized carbons (Fsp3) is 0.306. The second-order valence-corrected chi connectivity index (χ2v) is 12.6. The van der Waals surface area contributed by atoms with Gasteiger partial charge in [-0.25, -0.2) is 23.7 Å². The lowest BCUT2D eigenvalue weighted by Crippen LogP contribution is -2.49. The van der Waals surface area contributed by atoms with Gasteiger partial charge < -0.3 is 9.80 Å². The van der Waals surface area contributed by atoms with E-state index in [1.165, 1.54) is 6.07 Å². The van der Waals surface area contributed by atoms with Crippen LogP contribution in [0.3, 0.4) is 0 Å². The Kier molecular flexibility index (Phi) is 7.93. The largest absolute Gasteiger partial charge is 0.354 e. The van der Waals surface area contributed by atoms with Gasteiger partial charge in [-0.3, -0.25) is 19.9 Å². The van der Waals surface area contributed by atoms with Crippen LogP contribution in [0.15, 0.2) is 85.1 Å². The van der Waals surface area contributed by atoms with Crippen LogP contribution in [0.4, 0.5) is 26.5 Å². The van der Waals surface area contributed by atoms with Gasteiger partial charge in [-0.1, -0.05) is 30.3 Å². The lowest BCUT2D eigenvalue weighted by molar-refractivity contribution is -0.120. The summed E-state index contributed by atoms with van der Waals surface area (Å²) in [5.41, 5.74) is 5.26. The van der Waals surface area contributed by atoms with Crippen LogP contribution in [0.1, 0.15) is 36.4 Å². The van der Waals surface area contributed by atoms with Crippen LogP contribution < -0.4 is 20.0 Å². The van der Waals surface area contributed by atoms with Crippen LogP contribution in [0.25, 0.3) is 17.0 Å². The Morgan fingerprint density at radius 1 is 0.854 bits per heavy atom. The molecule has 0 spiro atoms. The predicted octanol–water partition coefficient (Wildman–Crippen LogP) is 5.04. The summed E-state index contributed by atoms with van der Waals surface area (Å²) in [4.78, 5) is 42.2. The van der Waals surface area contributed by atoms with Crippen molar-refractivity contribution in [3.8, 4) is 11.4 Å². The number of nitrogens with one attached hydrogen (secondary N) is 1. The number of pyridine rings is 1. The summed E-state index contributed by atoms with van der Waals surface area (Å²) in [6.45, 7) is 5.43. The summed E-state index contributed by atoms with van der Waals surface area (Å²) in [5, 5.41) is 7.41. The molecule has 12 heteroatoms. The Bertz CT molecular complexity index is 1990. The number of halogens is 1. The van der Waals surface area contributed by atoms with Crippen molar-refractivity contribution in [2.24, 2.45) is 0 Å². The highest BCUT2D eigenvalue weighted by Crippen LogP contribution is 2.36. The van der Waals surface area contributed by atoms with Crippen molar-refractivity contribution < 1.29 is 14.0 Å². The second kappa shape index (κ2) is 12.7. The third-order valence-corrected chi connectivity index (χ3v) is 9.50. The number of nitrogens with zero attached hydrogens (tertiary/aromatic N) is 8. The summed E-state index contributed by atoms with van der Waals surface area (Å²) in [5.74, 6) is 1.29. The Labute approximate surface area is 277 Å². The number of imidazole rings is 1. The minimum absolute atomic E-state index is 0.0739. The summed E-state index contributed by atoms with van der Waals surface area (Å²) in [6.07, 6.45) is 4.09. The third-order valence-electron chi connectivity index (χ3n) is 9.50. The van der Waals surface area contributed by atoms with E-state index >= 15 is 0 Å². The van der Waals surface area contributed by atoms with Crippen LogP contribution in [-0.4, -0.2) is 75.7 Å². The van der Waals surface area contributed by atoms with E-state index < -0.39 is 0 Å². The van der Waals surface area contributed by atoms with E-state index in [2.05, 4.69) is 31.1 Å². The minimum Gasteiger partial charge on any atom is -0.354 e. The quantitative estimate of drug-likeness (QED) is 0.263. The van der Waals surface area contributed by atoms with E-state index in [9.17, 15) is 14.0 Å². The van der Waals surface area contributed by atoms with E-state index in [-0.39, 0.29) is 23.8 Å². The number of amides is 3. The maximum absolute atomic E-state index is 14.0. The Hall–Kier alpha value is -5.36. The molecule has 1 atom stereocenters. The highest BCUT2D eigenvalue weighted by Gasteiger charge is 2.29. The van der Waals surface area contributed by atoms with Gasteiger partial charge in [-0.15, -0.1) is 5.10 Å². The SMILES string of the molecule is O=C1CCN(c2cccc(CN3CCN(c4cccc(-c5cnc6ccc(N7CCC[C@@H]7c7cccc(F)c7)nn56)n4)CC3)c2)C(=O)N1. The van der Waals surface area contributed by atoms with Gasteiger partial charge in [0.1, 0.15) is 23.1 Å². The van der Waals surface area contributed by atoms with E-state index in [1.54, 1.807) is 17.0 Å². The number of carbonyl (C=O) groups excluding carboxylic acids is 2. The molecule has 5 aromatic rings. The van der Waals surface area contributed by atoms with Gasteiger partial charge in [-0.2, -0.15) is 0 Å². The van der Waals surface area contributed by atoms with Crippen LogP contribution in [0.2, 0.25) is 0 Å². The van der Waals surface area contributed by atoms with Gasteiger partial charge in [0.05, 0.1) is 17.9 Å². The third kappa shape index (κ3) is 5.95. The number of carbonyl (C=O) groups is 2. The number of anilines is 3. The topological polar surface area (TPSA) is 102 Å². The molecule has 48 heavy (non-hydrogen) atoms. The summed E-state index contributed by atoms with van der Waals surface area (Å²) in [7, 11) is 0. The standard InChI is InChI=1S/C36H36FN9O2/c37-27-7-2-6-26(22-27)30-10-4-15-45(30)34-13-12-32-38-23-31(46(32)41-34)29-9-3-11-33(39-29)43-19-17-42(18-20-43)24-25-5-1-8-28(21-25)44-16-14-35(47)40-36(44)48/h1-3,5-9,11-13,21-23,30H,4,10,14-20,24H2,(H,40,47,48)/t30-/m1/s1. The van der Waals surface area contributed by atoms with Crippen molar-refractivity contribution in [2.75, 3.05) is 54.0 Å². The summed E-state index contributed by atoms with van der Waals surface area (Å²) >= 11 is 0. The number of rotatable bonds is 7. The van der Waals surface area contributed by atoms with Gasteiger partial charge >= 0.3 is 6.03 Å². The molecule has 1 N–H and O–H groups in total. The van der Waals surface area contributed by atoms with E-state index in [1.807, 2.05) is 65.3 Å². The molecule has 3 saturated heterocycles. The first-order valence-electron chi connectivity index (χ1n) is 16.5. The number of imide groups is 1. The fourth-order valence-corrected chi connectivity index (χ4v) is 7.06. The lowest BCUT2D eigenvalue weighted by atomic mass is 10.0. The first-order chi connectivity index (χ1) is 23.5. The average Bonchev–Trinajstić information content (AvgIpc) is 3.77. The molecule has 3 amide bonds. The van der Waals surface area contributed by atoms with Crippen LogP contribution >= 0.6 is 0 Å². The maximum Gasteiger partial charge on any atom is 0.328 e. The Balaban J connectivity index is 0.954. The summed E-state index contributed by atoms with van der Waals surface area (Å²) < 4.78 is 15.9. The first kappa shape index (κ1) is 30.0. The highest BCUT2D eigenvalue weighted by molar-refractivity contribution is 6.05. The van der Waals surface area contributed by atoms with Crippen molar-refractivity contribution in [1.29, 1.82) is 0 Å². The zero-order valence-corrected chi connectivity index (χ0v) is 26.5. The molecule has 3 aliphatic heterocycles. The van der Waals surface area contributed by atoms with E-state index in [4.69, 9.17) is 10.1 Å². The number of hydrogen-bond donors (Lipinski definition) is 1. The number of aromatic nitrogens is 4. The smallest absolute Gasteiger partial charge is 0.328 e. The molecule has 0 aliphatic carbocycles. The molecule has 6 heterocycles. The van der Waals surface area contributed by atoms with Gasteiger partial charge in [-0.05, 0) is 72.5 Å². The molecule has 3 fully saturated rings. The van der Waals surface area contributed by atoms with Crippen LogP contribution in [0, 0.1) is 5.82 Å². The van der Waals surface area contributed by atoms with Crippen LogP contribution in [0.5, 0.6) is 0 Å². The zero-order valence-electron chi connectivity index (χ0n) is 26.5. The number of benzene rings is 2. The molecule has 0 bridgehead atoms. The fourth-order valence-electron chi connectivity index (χ4n) is 7.06. The van der Waals surface area contributed by atoms with Crippen molar-refractivity contribution in [3.05, 3.63) is 102 Å². The zero-order chi connectivity index (χ0) is 32.6. The monoisotopic (exact) mass is 645 g/mol. The van der Waals surface area contributed by atoms with Crippen LogP contribution in [-0.2, 0) is 11.3 Å². The minimum atomic E-state index is -0.368. The number of urea groups is 1. The highest BCUT2D eigenvalue weighted by atomic mass is 19.1. The number of piperazine rings is 1. The first-order valence-corrected chi connectivity index (χ1v) is 16.5. The van der Waals surface area contributed by atoms with E-state index in [0.29, 0.717) is 13.0 Å². The Morgan fingerprint density at radius 2 is 1.71 bits per heavy atom. The maximum atomic E-state index is 14.0. The lowest BCUT2D eigenvalue weighted by Gasteiger charge is -2.35. The van der Waals surface area contributed by atoms with Crippen molar-refractivity contribution >= 4 is 34.9 Å². The molecule has 244 valence electrons. The molecule has 3 aliphatic rings. The van der Waals surface area contributed by atoms with Crippen molar-refractivity contribution in [3.63, 3.8) is 0 Å². The van der Waals surface area contributed by atoms with Gasteiger partial charge in [0.25, 0.3) is 0 Å². The summed E-state index contributed by atoms with van der Waals surface area (Å²) in [6, 6.07) is 24.6. The van der Waals surface area contributed by atoms with Gasteiger partial charge in [0.15, 0.2) is 5.65 Å². The van der Waals surface area contributed by atoms with Crippen molar-refractivity contribution in [2.45, 2.75) is 31.8 Å². The van der Waals surface area contributed by atoms with Crippen molar-refractivity contribution in [1.82, 2.24) is 29.8 Å².